The predicted molar refractivity (Wildman–Crippen MR) is 110 cm³/mol. The number of H-pyrrole nitrogens is 1. The largest absolute Gasteiger partial charge is 0.349 e. The zero-order valence-electron chi connectivity index (χ0n) is 16.5. The monoisotopic (exact) mass is 374 g/mol. The van der Waals surface area contributed by atoms with E-state index in [0.717, 1.165) is 60.1 Å². The second-order valence-electron chi connectivity index (χ2n) is 7.49. The molecule has 28 heavy (non-hydrogen) atoms. The number of aryl methyl sites for hydroxylation is 3. The molecule has 0 bridgehead atoms. The van der Waals surface area contributed by atoms with E-state index in [2.05, 4.69) is 57.9 Å². The van der Waals surface area contributed by atoms with Crippen molar-refractivity contribution in [2.45, 2.75) is 20.8 Å². The molecule has 142 valence electrons. The maximum atomic E-state index is 4.81. The lowest BCUT2D eigenvalue weighted by atomic mass is 10.2. The lowest BCUT2D eigenvalue weighted by Gasteiger charge is -2.32. The normalized spacial score (nSPS) is 15.0. The van der Waals surface area contributed by atoms with Crippen molar-refractivity contribution in [1.29, 1.82) is 0 Å². The van der Waals surface area contributed by atoms with Crippen LogP contribution in [-0.2, 0) is 0 Å². The molecule has 0 saturated carbocycles. The number of nitrogens with zero attached hydrogens (tertiary/aromatic N) is 6. The van der Waals surface area contributed by atoms with Crippen LogP contribution in [0.25, 0.3) is 16.7 Å². The summed E-state index contributed by atoms with van der Waals surface area (Å²) in [6.07, 6.45) is 1.98. The first-order valence-corrected chi connectivity index (χ1v) is 9.71. The van der Waals surface area contributed by atoms with Crippen molar-refractivity contribution in [1.82, 2.24) is 19.6 Å². The van der Waals surface area contributed by atoms with Gasteiger partial charge < -0.3 is 4.90 Å². The fraction of sp³-hybridized carbons (Fsp3) is 0.333. The summed E-state index contributed by atoms with van der Waals surface area (Å²) in [5, 5.41) is 5.86. The zero-order chi connectivity index (χ0) is 19.3. The van der Waals surface area contributed by atoms with Crippen LogP contribution < -0.4 is 14.8 Å². The highest BCUT2D eigenvalue weighted by Crippen LogP contribution is 2.27. The molecule has 1 aliphatic rings. The van der Waals surface area contributed by atoms with Gasteiger partial charge in [-0.05, 0) is 38.5 Å². The highest BCUT2D eigenvalue weighted by molar-refractivity contribution is 5.93. The van der Waals surface area contributed by atoms with Gasteiger partial charge in [0.05, 0.1) is 24.7 Å². The number of rotatable bonds is 2. The molecule has 1 fully saturated rings. The fourth-order valence-electron chi connectivity index (χ4n) is 4.11. The van der Waals surface area contributed by atoms with Crippen molar-refractivity contribution in [3.8, 4) is 0 Å². The van der Waals surface area contributed by atoms with Gasteiger partial charge in [-0.15, -0.1) is 5.10 Å². The van der Waals surface area contributed by atoms with E-state index in [-0.39, 0.29) is 0 Å². The van der Waals surface area contributed by atoms with E-state index >= 15 is 0 Å². The van der Waals surface area contributed by atoms with Gasteiger partial charge in [0.25, 0.3) is 5.82 Å². The van der Waals surface area contributed by atoms with Crippen molar-refractivity contribution >= 4 is 28.3 Å². The highest BCUT2D eigenvalue weighted by atomic mass is 15.4. The van der Waals surface area contributed by atoms with Gasteiger partial charge in [-0.1, -0.05) is 6.07 Å². The Morgan fingerprint density at radius 1 is 0.893 bits per heavy atom. The number of nitrogens with one attached hydrogen (secondary N) is 1. The van der Waals surface area contributed by atoms with Gasteiger partial charge in [-0.25, -0.2) is 15.0 Å². The molecule has 4 aromatic rings. The summed E-state index contributed by atoms with van der Waals surface area (Å²) in [4.78, 5) is 17.5. The Kier molecular flexibility index (Phi) is 3.89. The molecule has 5 heterocycles. The molecule has 0 radical (unpaired) electrons. The van der Waals surface area contributed by atoms with Crippen LogP contribution in [0.1, 0.15) is 17.0 Å². The molecule has 0 unspecified atom stereocenters. The van der Waals surface area contributed by atoms with Crippen LogP contribution in [0.3, 0.4) is 0 Å². The highest BCUT2D eigenvalue weighted by Gasteiger charge is 2.26. The summed E-state index contributed by atoms with van der Waals surface area (Å²) < 4.78 is 1.97. The van der Waals surface area contributed by atoms with E-state index < -0.39 is 0 Å². The first-order valence-electron chi connectivity index (χ1n) is 9.71. The van der Waals surface area contributed by atoms with Gasteiger partial charge >= 0.3 is 0 Å². The zero-order valence-corrected chi connectivity index (χ0v) is 16.5. The van der Waals surface area contributed by atoms with E-state index in [1.165, 1.54) is 11.4 Å². The van der Waals surface area contributed by atoms with Crippen molar-refractivity contribution in [2.24, 2.45) is 0 Å². The minimum atomic E-state index is 0.773. The summed E-state index contributed by atoms with van der Waals surface area (Å²) in [5.74, 6) is 2.26. The Morgan fingerprint density at radius 2 is 1.64 bits per heavy atom. The number of aromatic nitrogens is 5. The first kappa shape index (κ1) is 16.9. The number of hydrogen-bond donors (Lipinski definition) is 0. The minimum absolute atomic E-state index is 0.773. The van der Waals surface area contributed by atoms with Crippen LogP contribution in [0.15, 0.2) is 36.5 Å². The Balaban J connectivity index is 1.54. The average molecular weight is 374 g/mol. The summed E-state index contributed by atoms with van der Waals surface area (Å²) in [7, 11) is 0. The molecule has 0 amide bonds. The van der Waals surface area contributed by atoms with Gasteiger partial charge in [0.15, 0.2) is 11.3 Å². The van der Waals surface area contributed by atoms with Crippen molar-refractivity contribution in [3.63, 3.8) is 0 Å². The van der Waals surface area contributed by atoms with Gasteiger partial charge in [0, 0.05) is 23.5 Å². The topological polar surface area (TPSA) is 63.7 Å². The maximum Gasteiger partial charge on any atom is 0.274 e. The van der Waals surface area contributed by atoms with Gasteiger partial charge in [-0.3, -0.25) is 4.90 Å². The van der Waals surface area contributed by atoms with Crippen LogP contribution in [0.2, 0.25) is 0 Å². The van der Waals surface area contributed by atoms with Crippen molar-refractivity contribution in [2.75, 3.05) is 36.0 Å². The Bertz CT molecular complexity index is 1160. The molecule has 5 rings (SSSR count). The molecule has 0 aliphatic carbocycles. The van der Waals surface area contributed by atoms with E-state index in [1.54, 1.807) is 0 Å². The summed E-state index contributed by atoms with van der Waals surface area (Å²) in [5.41, 5.74) is 4.83. The Hall–Kier alpha value is -3.22. The van der Waals surface area contributed by atoms with E-state index in [9.17, 15) is 0 Å². The average Bonchev–Trinajstić information content (AvgIpc) is 3.06. The number of piperazine rings is 1. The first-order chi connectivity index (χ1) is 13.6. The summed E-state index contributed by atoms with van der Waals surface area (Å²) in [6, 6.07) is 10.4. The van der Waals surface area contributed by atoms with E-state index in [0.29, 0.717) is 0 Å². The van der Waals surface area contributed by atoms with Crippen LogP contribution in [-0.4, -0.2) is 45.8 Å². The molecule has 7 nitrogen and oxygen atoms in total. The summed E-state index contributed by atoms with van der Waals surface area (Å²) in [6.45, 7) is 9.95. The molecular formula is C21H24N7+. The molecule has 7 heteroatoms. The predicted octanol–water partition coefficient (Wildman–Crippen LogP) is 2.34. The molecule has 1 N–H and O–H groups in total. The maximum absolute atomic E-state index is 4.81. The number of fused-ring (bicyclic) bond motifs is 3. The van der Waals surface area contributed by atoms with Gasteiger partial charge in [0.1, 0.15) is 18.9 Å². The molecule has 1 aliphatic heterocycles. The summed E-state index contributed by atoms with van der Waals surface area (Å²) >= 11 is 0. The second kappa shape index (κ2) is 6.44. The number of hydrogen-bond acceptors (Lipinski definition) is 5. The minimum Gasteiger partial charge on any atom is -0.349 e. The quantitative estimate of drug-likeness (QED) is 0.539. The van der Waals surface area contributed by atoms with Gasteiger partial charge in [-0.2, -0.15) is 4.52 Å². The molecule has 1 saturated heterocycles. The van der Waals surface area contributed by atoms with Crippen LogP contribution >= 0.6 is 0 Å². The third-order valence-corrected chi connectivity index (χ3v) is 5.42. The Labute approximate surface area is 163 Å². The molecule has 4 aromatic heterocycles. The lowest BCUT2D eigenvalue weighted by molar-refractivity contribution is -0.364. The number of pyridine rings is 2. The fourth-order valence-corrected chi connectivity index (χ4v) is 4.11. The second-order valence-corrected chi connectivity index (χ2v) is 7.49. The number of anilines is 2. The molecule has 0 aromatic carbocycles. The standard InChI is InChI=1S/C21H23N7/c1-14-12-15(2)23-20-19(14)21-24-16(3)13-18(28(21)25-20)27-10-8-26(9-11-27)17-6-4-5-7-22-17/h4-7,12-13H,8-11H2,1-3H3/p+1. The molecule has 0 atom stereocenters. The van der Waals surface area contributed by atoms with Crippen LogP contribution in [0.4, 0.5) is 11.6 Å². The van der Waals surface area contributed by atoms with Crippen LogP contribution in [0, 0.1) is 20.8 Å². The van der Waals surface area contributed by atoms with Crippen LogP contribution in [0.5, 0.6) is 0 Å². The van der Waals surface area contributed by atoms with Gasteiger partial charge in [0.2, 0.25) is 0 Å². The third-order valence-electron chi connectivity index (χ3n) is 5.42. The molecule has 0 spiro atoms. The lowest BCUT2D eigenvalue weighted by Crippen LogP contribution is -2.48. The SMILES string of the molecule is Cc1cc(C)c2c(n1)nn1c(N3CCN(c4cccc[nH+]4)CC3)cc(C)nc21. The molecular weight excluding hydrogens is 350 g/mol. The van der Waals surface area contributed by atoms with Crippen molar-refractivity contribution < 1.29 is 4.98 Å². The number of aromatic amines is 1. The van der Waals surface area contributed by atoms with E-state index in [1.807, 2.05) is 23.7 Å². The Morgan fingerprint density at radius 3 is 2.39 bits per heavy atom. The third kappa shape index (κ3) is 2.74. The smallest absolute Gasteiger partial charge is 0.274 e. The van der Waals surface area contributed by atoms with Crippen molar-refractivity contribution in [3.05, 3.63) is 53.5 Å². The van der Waals surface area contributed by atoms with E-state index in [4.69, 9.17) is 10.1 Å².